The predicted octanol–water partition coefficient (Wildman–Crippen LogP) is 2.62. The normalized spacial score (nSPS) is 15.7. The number of hydrogen-bond donors (Lipinski definition) is 3. The molecule has 0 heterocycles. The molecule has 2 rings (SSSR count). The van der Waals surface area contributed by atoms with Gasteiger partial charge in [-0.1, -0.05) is 12.1 Å². The number of aryl methyl sites for hydroxylation is 1. The van der Waals surface area contributed by atoms with Crippen molar-refractivity contribution in [3.8, 4) is 5.75 Å². The highest BCUT2D eigenvalue weighted by molar-refractivity contribution is 5.79. The van der Waals surface area contributed by atoms with Crippen molar-refractivity contribution in [2.75, 3.05) is 26.3 Å². The number of benzene rings is 1. The Hall–Kier alpha value is -1.79. The zero-order valence-corrected chi connectivity index (χ0v) is 17.1. The standard InChI is InChI=1S/C21H35N3O3/c1-5-22-21(24-12-19(25)14-26-13-17-7-8-17)23-11-18-9-6-16(4)10-20(18)27-15(2)3/h6,9-10,15,17,19,25H,5,7-8,11-14H2,1-4H3,(H2,22,23,24). The van der Waals surface area contributed by atoms with Crippen LogP contribution in [0, 0.1) is 12.8 Å². The van der Waals surface area contributed by atoms with Gasteiger partial charge in [0, 0.05) is 25.3 Å². The average Bonchev–Trinajstić information content (AvgIpc) is 3.42. The van der Waals surface area contributed by atoms with Crippen molar-refractivity contribution >= 4 is 5.96 Å². The summed E-state index contributed by atoms with van der Waals surface area (Å²) in [7, 11) is 0. The van der Waals surface area contributed by atoms with Gasteiger partial charge in [0.15, 0.2) is 5.96 Å². The van der Waals surface area contributed by atoms with Crippen LogP contribution in [0.25, 0.3) is 0 Å². The second-order valence-corrected chi connectivity index (χ2v) is 7.49. The molecule has 0 aromatic heterocycles. The first-order valence-corrected chi connectivity index (χ1v) is 10.0. The molecule has 27 heavy (non-hydrogen) atoms. The Morgan fingerprint density at radius 2 is 2.07 bits per heavy atom. The summed E-state index contributed by atoms with van der Waals surface area (Å²) in [4.78, 5) is 4.63. The SMILES string of the molecule is CCNC(=NCc1ccc(C)cc1OC(C)C)NCC(O)COCC1CC1. The van der Waals surface area contributed by atoms with Crippen LogP contribution in [0.2, 0.25) is 0 Å². The van der Waals surface area contributed by atoms with Gasteiger partial charge < -0.3 is 25.2 Å². The third kappa shape index (κ3) is 8.63. The van der Waals surface area contributed by atoms with Gasteiger partial charge in [0.1, 0.15) is 5.75 Å². The Bertz CT molecular complexity index is 600. The zero-order chi connectivity index (χ0) is 19.6. The monoisotopic (exact) mass is 377 g/mol. The Morgan fingerprint density at radius 3 is 2.74 bits per heavy atom. The zero-order valence-electron chi connectivity index (χ0n) is 17.1. The second-order valence-electron chi connectivity index (χ2n) is 7.49. The molecule has 152 valence electrons. The number of aliphatic hydroxyl groups excluding tert-OH is 1. The minimum atomic E-state index is -0.549. The summed E-state index contributed by atoms with van der Waals surface area (Å²) in [6.07, 6.45) is 2.08. The lowest BCUT2D eigenvalue weighted by Gasteiger charge is -2.17. The third-order valence-corrected chi connectivity index (χ3v) is 4.20. The highest BCUT2D eigenvalue weighted by atomic mass is 16.5. The van der Waals surface area contributed by atoms with E-state index in [-0.39, 0.29) is 6.10 Å². The molecule has 1 aliphatic rings. The summed E-state index contributed by atoms with van der Waals surface area (Å²) >= 11 is 0. The molecular weight excluding hydrogens is 342 g/mol. The molecule has 1 saturated carbocycles. The number of aliphatic hydroxyl groups is 1. The summed E-state index contributed by atoms with van der Waals surface area (Å²) in [6, 6.07) is 6.17. The molecule has 1 atom stereocenters. The molecule has 1 aliphatic carbocycles. The molecule has 0 amide bonds. The van der Waals surface area contributed by atoms with Gasteiger partial charge in [-0.3, -0.25) is 0 Å². The number of hydrogen-bond acceptors (Lipinski definition) is 4. The highest BCUT2D eigenvalue weighted by Crippen LogP contribution is 2.28. The summed E-state index contributed by atoms with van der Waals surface area (Å²) in [5.41, 5.74) is 2.21. The number of ether oxygens (including phenoxy) is 2. The van der Waals surface area contributed by atoms with E-state index in [0.717, 1.165) is 30.0 Å². The summed E-state index contributed by atoms with van der Waals surface area (Å²) < 4.78 is 11.5. The van der Waals surface area contributed by atoms with Gasteiger partial charge in [0.05, 0.1) is 25.4 Å². The fourth-order valence-corrected chi connectivity index (χ4v) is 2.59. The van der Waals surface area contributed by atoms with E-state index >= 15 is 0 Å². The number of nitrogens with one attached hydrogen (secondary N) is 2. The lowest BCUT2D eigenvalue weighted by molar-refractivity contribution is 0.0345. The smallest absolute Gasteiger partial charge is 0.191 e. The molecule has 1 fully saturated rings. The van der Waals surface area contributed by atoms with Gasteiger partial charge in [-0.25, -0.2) is 4.99 Å². The van der Waals surface area contributed by atoms with E-state index in [1.807, 2.05) is 26.8 Å². The Balaban J connectivity index is 1.88. The molecule has 6 nitrogen and oxygen atoms in total. The molecule has 0 saturated heterocycles. The quantitative estimate of drug-likeness (QED) is 0.408. The Kier molecular flexibility index (Phi) is 8.88. The van der Waals surface area contributed by atoms with Gasteiger partial charge in [0.25, 0.3) is 0 Å². The molecule has 0 radical (unpaired) electrons. The van der Waals surface area contributed by atoms with Crippen molar-refractivity contribution in [2.24, 2.45) is 10.9 Å². The first-order chi connectivity index (χ1) is 13.0. The van der Waals surface area contributed by atoms with E-state index in [2.05, 4.69) is 34.7 Å². The fourth-order valence-electron chi connectivity index (χ4n) is 2.59. The lowest BCUT2D eigenvalue weighted by Crippen LogP contribution is -2.42. The fraction of sp³-hybridized carbons (Fsp3) is 0.667. The Labute approximate surface area is 163 Å². The molecule has 0 spiro atoms. The van der Waals surface area contributed by atoms with E-state index < -0.39 is 6.10 Å². The van der Waals surface area contributed by atoms with E-state index in [1.54, 1.807) is 0 Å². The lowest BCUT2D eigenvalue weighted by atomic mass is 10.1. The van der Waals surface area contributed by atoms with Crippen LogP contribution in [0.1, 0.15) is 44.7 Å². The molecule has 1 aromatic rings. The third-order valence-electron chi connectivity index (χ3n) is 4.20. The summed E-state index contributed by atoms with van der Waals surface area (Å²) in [5, 5.41) is 16.5. The largest absolute Gasteiger partial charge is 0.491 e. The predicted molar refractivity (Wildman–Crippen MR) is 109 cm³/mol. The van der Waals surface area contributed by atoms with Crippen LogP contribution >= 0.6 is 0 Å². The molecule has 3 N–H and O–H groups in total. The first kappa shape index (κ1) is 21.5. The van der Waals surface area contributed by atoms with Gasteiger partial charge >= 0.3 is 0 Å². The van der Waals surface area contributed by atoms with Crippen molar-refractivity contribution in [1.29, 1.82) is 0 Å². The van der Waals surface area contributed by atoms with Gasteiger partial charge in [-0.15, -0.1) is 0 Å². The Morgan fingerprint density at radius 1 is 1.30 bits per heavy atom. The van der Waals surface area contributed by atoms with Gasteiger partial charge in [0.2, 0.25) is 0 Å². The number of guanidine groups is 1. The molecule has 1 unspecified atom stereocenters. The van der Waals surface area contributed by atoms with Crippen molar-refractivity contribution < 1.29 is 14.6 Å². The van der Waals surface area contributed by atoms with Crippen LogP contribution in [-0.4, -0.2) is 49.6 Å². The van der Waals surface area contributed by atoms with Crippen molar-refractivity contribution in [1.82, 2.24) is 10.6 Å². The summed E-state index contributed by atoms with van der Waals surface area (Å²) in [6.45, 7) is 10.9. The molecular formula is C21H35N3O3. The number of rotatable bonds is 11. The second kappa shape index (κ2) is 11.1. The van der Waals surface area contributed by atoms with Crippen LogP contribution < -0.4 is 15.4 Å². The van der Waals surface area contributed by atoms with Crippen LogP contribution in [0.4, 0.5) is 0 Å². The van der Waals surface area contributed by atoms with E-state index in [1.165, 1.54) is 12.8 Å². The maximum Gasteiger partial charge on any atom is 0.191 e. The van der Waals surface area contributed by atoms with E-state index in [4.69, 9.17) is 9.47 Å². The maximum absolute atomic E-state index is 10.1. The minimum absolute atomic E-state index is 0.117. The van der Waals surface area contributed by atoms with Crippen LogP contribution in [0.5, 0.6) is 5.75 Å². The van der Waals surface area contributed by atoms with Crippen LogP contribution in [-0.2, 0) is 11.3 Å². The molecule has 1 aromatic carbocycles. The first-order valence-electron chi connectivity index (χ1n) is 10.0. The topological polar surface area (TPSA) is 75.1 Å². The van der Waals surface area contributed by atoms with Crippen LogP contribution in [0.15, 0.2) is 23.2 Å². The van der Waals surface area contributed by atoms with E-state index in [0.29, 0.717) is 31.6 Å². The molecule has 0 aliphatic heterocycles. The summed E-state index contributed by atoms with van der Waals surface area (Å²) in [5.74, 6) is 2.26. The van der Waals surface area contributed by atoms with Crippen molar-refractivity contribution in [2.45, 2.75) is 59.3 Å². The number of nitrogens with zero attached hydrogens (tertiary/aromatic N) is 1. The highest BCUT2D eigenvalue weighted by Gasteiger charge is 2.21. The molecule has 6 heteroatoms. The van der Waals surface area contributed by atoms with Gasteiger partial charge in [-0.05, 0) is 58.1 Å². The van der Waals surface area contributed by atoms with E-state index in [9.17, 15) is 5.11 Å². The maximum atomic E-state index is 10.1. The average molecular weight is 378 g/mol. The molecule has 0 bridgehead atoms. The van der Waals surface area contributed by atoms with Crippen LogP contribution in [0.3, 0.4) is 0 Å². The van der Waals surface area contributed by atoms with Crippen molar-refractivity contribution in [3.05, 3.63) is 29.3 Å². The van der Waals surface area contributed by atoms with Gasteiger partial charge in [-0.2, -0.15) is 0 Å². The number of aliphatic imine (C=N–C) groups is 1. The van der Waals surface area contributed by atoms with Crippen molar-refractivity contribution in [3.63, 3.8) is 0 Å². The minimum Gasteiger partial charge on any atom is -0.491 e.